The van der Waals surface area contributed by atoms with E-state index < -0.39 is 15.8 Å². The second-order valence-electron chi connectivity index (χ2n) is 3.10. The summed E-state index contributed by atoms with van der Waals surface area (Å²) < 4.78 is 36.2. The van der Waals surface area contributed by atoms with Gasteiger partial charge in [-0.05, 0) is 30.3 Å². The van der Waals surface area contributed by atoms with Gasteiger partial charge in [0.05, 0.1) is 11.9 Å². The van der Waals surface area contributed by atoms with Crippen LogP contribution in [0.5, 0.6) is 0 Å². The molecular weight excluding hydrogens is 233 g/mol. The average molecular weight is 241 g/mol. The molecule has 1 heterocycles. The number of rotatable bonds is 2. The molecule has 0 unspecified atom stereocenters. The van der Waals surface area contributed by atoms with Crippen molar-refractivity contribution >= 4 is 10.0 Å². The zero-order chi connectivity index (χ0) is 11.8. The molecule has 16 heavy (non-hydrogen) atoms. The molecule has 5 nitrogen and oxygen atoms in total. The van der Waals surface area contributed by atoms with Crippen LogP contribution in [-0.2, 0) is 10.0 Å². The first-order valence-electron chi connectivity index (χ1n) is 4.31. The minimum absolute atomic E-state index is 0.140. The van der Waals surface area contributed by atoms with Crippen LogP contribution in [0.4, 0.5) is 4.39 Å². The summed E-state index contributed by atoms with van der Waals surface area (Å²) in [5, 5.41) is 8.68. The van der Waals surface area contributed by atoms with Crippen molar-refractivity contribution in [1.82, 2.24) is 9.78 Å². The van der Waals surface area contributed by atoms with Crippen molar-refractivity contribution in [3.8, 4) is 5.69 Å². The molecule has 0 aliphatic rings. The molecule has 2 aromatic rings. The maximum absolute atomic E-state index is 12.7. The minimum atomic E-state index is -3.84. The van der Waals surface area contributed by atoms with Gasteiger partial charge in [0.2, 0.25) is 0 Å². The van der Waals surface area contributed by atoms with Crippen LogP contribution < -0.4 is 5.14 Å². The molecule has 1 aromatic carbocycles. The van der Waals surface area contributed by atoms with E-state index in [1.807, 2.05) is 0 Å². The van der Waals surface area contributed by atoms with Crippen LogP contribution in [0.3, 0.4) is 0 Å². The highest BCUT2D eigenvalue weighted by atomic mass is 32.2. The van der Waals surface area contributed by atoms with E-state index in [9.17, 15) is 12.8 Å². The second-order valence-corrected chi connectivity index (χ2v) is 4.61. The van der Waals surface area contributed by atoms with Crippen molar-refractivity contribution in [3.05, 3.63) is 42.3 Å². The Bertz CT molecular complexity index is 604. The summed E-state index contributed by atoms with van der Waals surface area (Å²) in [6.07, 6.45) is 1.31. The minimum Gasteiger partial charge on any atom is -0.223 e. The normalized spacial score (nSPS) is 11.6. The predicted octanol–water partition coefficient (Wildman–Crippen LogP) is 0.659. The summed E-state index contributed by atoms with van der Waals surface area (Å²) in [7, 11) is -3.84. The Morgan fingerprint density at radius 1 is 1.19 bits per heavy atom. The van der Waals surface area contributed by atoms with Crippen LogP contribution >= 0.6 is 0 Å². The molecule has 0 saturated heterocycles. The number of halogens is 1. The molecule has 0 aliphatic heterocycles. The maximum atomic E-state index is 12.7. The lowest BCUT2D eigenvalue weighted by Crippen LogP contribution is -2.17. The van der Waals surface area contributed by atoms with Gasteiger partial charge in [-0.3, -0.25) is 0 Å². The van der Waals surface area contributed by atoms with E-state index >= 15 is 0 Å². The molecule has 84 valence electrons. The van der Waals surface area contributed by atoms with Crippen LogP contribution in [0.2, 0.25) is 0 Å². The Labute approximate surface area is 91.4 Å². The van der Waals surface area contributed by atoms with E-state index in [1.54, 1.807) is 0 Å². The summed E-state index contributed by atoms with van der Waals surface area (Å²) in [4.78, 5) is 0. The largest absolute Gasteiger partial charge is 0.255 e. The van der Waals surface area contributed by atoms with Crippen LogP contribution in [0.15, 0.2) is 41.6 Å². The van der Waals surface area contributed by atoms with E-state index in [0.717, 1.165) is 4.68 Å². The van der Waals surface area contributed by atoms with E-state index in [1.165, 1.54) is 36.5 Å². The SMILES string of the molecule is NS(=O)(=O)c1ccnn1-c1ccc(F)cc1. The van der Waals surface area contributed by atoms with Crippen LogP contribution in [0.1, 0.15) is 0 Å². The molecule has 2 rings (SSSR count). The van der Waals surface area contributed by atoms with Gasteiger partial charge in [0, 0.05) is 0 Å². The van der Waals surface area contributed by atoms with Gasteiger partial charge in [-0.1, -0.05) is 0 Å². The Hall–Kier alpha value is -1.73. The summed E-state index contributed by atoms with van der Waals surface area (Å²) in [6, 6.07) is 6.53. The molecule has 2 N–H and O–H groups in total. The number of hydrogen-bond donors (Lipinski definition) is 1. The predicted molar refractivity (Wildman–Crippen MR) is 54.9 cm³/mol. The van der Waals surface area contributed by atoms with Crippen molar-refractivity contribution in [3.63, 3.8) is 0 Å². The molecular formula is C9H8FN3O2S. The van der Waals surface area contributed by atoms with Crippen LogP contribution in [0.25, 0.3) is 5.69 Å². The fraction of sp³-hybridized carbons (Fsp3) is 0. The lowest BCUT2D eigenvalue weighted by Gasteiger charge is -2.04. The van der Waals surface area contributed by atoms with Gasteiger partial charge >= 0.3 is 0 Å². The number of primary sulfonamides is 1. The monoisotopic (exact) mass is 241 g/mol. The lowest BCUT2D eigenvalue weighted by atomic mass is 10.3. The third-order valence-electron chi connectivity index (χ3n) is 1.97. The fourth-order valence-corrected chi connectivity index (χ4v) is 1.93. The Kier molecular flexibility index (Phi) is 2.49. The zero-order valence-electron chi connectivity index (χ0n) is 8.04. The van der Waals surface area contributed by atoms with Crippen molar-refractivity contribution in [2.24, 2.45) is 5.14 Å². The van der Waals surface area contributed by atoms with Crippen molar-refractivity contribution in [2.45, 2.75) is 5.03 Å². The van der Waals surface area contributed by atoms with E-state index in [0.29, 0.717) is 5.69 Å². The summed E-state index contributed by atoms with van der Waals surface area (Å²) in [6.45, 7) is 0. The van der Waals surface area contributed by atoms with E-state index in [2.05, 4.69) is 5.10 Å². The molecule has 0 radical (unpaired) electrons. The molecule has 7 heteroatoms. The Balaban J connectivity index is 2.58. The first kappa shape index (κ1) is 10.8. The number of nitrogens with two attached hydrogens (primary N) is 1. The smallest absolute Gasteiger partial charge is 0.223 e. The van der Waals surface area contributed by atoms with Crippen LogP contribution in [-0.4, -0.2) is 18.2 Å². The molecule has 0 amide bonds. The number of aromatic nitrogens is 2. The number of hydrogen-bond acceptors (Lipinski definition) is 3. The van der Waals surface area contributed by atoms with Gasteiger partial charge in [0.15, 0.2) is 5.03 Å². The van der Waals surface area contributed by atoms with Gasteiger partial charge < -0.3 is 0 Å². The molecule has 0 fully saturated rings. The van der Waals surface area contributed by atoms with E-state index in [-0.39, 0.29) is 5.03 Å². The molecule has 1 aromatic heterocycles. The number of sulfonamides is 1. The molecule has 0 aliphatic carbocycles. The molecule has 0 spiro atoms. The first-order valence-corrected chi connectivity index (χ1v) is 5.86. The quantitative estimate of drug-likeness (QED) is 0.838. The number of nitrogens with zero attached hydrogens (tertiary/aromatic N) is 2. The molecule has 0 saturated carbocycles. The third kappa shape index (κ3) is 1.95. The number of benzene rings is 1. The topological polar surface area (TPSA) is 78.0 Å². The van der Waals surface area contributed by atoms with Crippen molar-refractivity contribution in [1.29, 1.82) is 0 Å². The standard InChI is InChI=1S/C9H8FN3O2S/c10-7-1-3-8(4-2-7)13-9(5-6-12-13)16(11,14)15/h1-6H,(H2,11,14,15). The molecule has 0 bridgehead atoms. The fourth-order valence-electron chi connectivity index (χ4n) is 1.28. The summed E-state index contributed by atoms with van der Waals surface area (Å²) in [5.41, 5.74) is 0.426. The third-order valence-corrected chi connectivity index (χ3v) is 2.86. The Morgan fingerprint density at radius 3 is 2.38 bits per heavy atom. The highest BCUT2D eigenvalue weighted by Crippen LogP contribution is 2.13. The zero-order valence-corrected chi connectivity index (χ0v) is 8.86. The van der Waals surface area contributed by atoms with Gasteiger partial charge in [-0.25, -0.2) is 22.6 Å². The molecule has 0 atom stereocenters. The lowest BCUT2D eigenvalue weighted by molar-refractivity contribution is 0.587. The van der Waals surface area contributed by atoms with Crippen LogP contribution in [0, 0.1) is 5.82 Å². The van der Waals surface area contributed by atoms with Gasteiger partial charge in [0.25, 0.3) is 10.0 Å². The average Bonchev–Trinajstić information content (AvgIpc) is 2.66. The van der Waals surface area contributed by atoms with Gasteiger partial charge in [0.1, 0.15) is 5.82 Å². The highest BCUT2D eigenvalue weighted by molar-refractivity contribution is 7.89. The summed E-state index contributed by atoms with van der Waals surface area (Å²) >= 11 is 0. The van der Waals surface area contributed by atoms with E-state index in [4.69, 9.17) is 5.14 Å². The van der Waals surface area contributed by atoms with Gasteiger partial charge in [-0.15, -0.1) is 0 Å². The summed E-state index contributed by atoms with van der Waals surface area (Å²) in [5.74, 6) is -0.409. The van der Waals surface area contributed by atoms with Gasteiger partial charge in [-0.2, -0.15) is 5.10 Å². The maximum Gasteiger partial charge on any atom is 0.255 e. The second kappa shape index (κ2) is 3.69. The Morgan fingerprint density at radius 2 is 1.81 bits per heavy atom. The van der Waals surface area contributed by atoms with Crippen molar-refractivity contribution < 1.29 is 12.8 Å². The highest BCUT2D eigenvalue weighted by Gasteiger charge is 2.15. The van der Waals surface area contributed by atoms with Crippen molar-refractivity contribution in [2.75, 3.05) is 0 Å². The first-order chi connectivity index (χ1) is 7.48.